The number of hydrogen-bond acceptors (Lipinski definition) is 4. The molecule has 0 radical (unpaired) electrons. The van der Waals surface area contributed by atoms with Crippen LogP contribution in [0.1, 0.15) is 49.5 Å². The van der Waals surface area contributed by atoms with E-state index in [0.717, 1.165) is 18.7 Å². The molecule has 2 aromatic rings. The van der Waals surface area contributed by atoms with Gasteiger partial charge in [-0.05, 0) is 44.0 Å². The highest BCUT2D eigenvalue weighted by molar-refractivity contribution is 7.98. The third-order valence-corrected chi connectivity index (χ3v) is 5.30. The molecule has 21 heavy (non-hydrogen) atoms. The molecule has 1 heterocycles. The van der Waals surface area contributed by atoms with E-state index in [1.165, 1.54) is 27.6 Å². The van der Waals surface area contributed by atoms with Gasteiger partial charge in [0, 0.05) is 22.1 Å². The smallest absolute Gasteiger partial charge is 0.0928 e. The zero-order chi connectivity index (χ0) is 15.1. The summed E-state index contributed by atoms with van der Waals surface area (Å²) in [4.78, 5) is 6.01. The fraction of sp³-hybridized carbons (Fsp3) is 0.471. The molecule has 1 N–H and O–H groups in total. The third-order valence-electron chi connectivity index (χ3n) is 3.32. The molecule has 114 valence electrons. The summed E-state index contributed by atoms with van der Waals surface area (Å²) >= 11 is 3.66. The Morgan fingerprint density at radius 2 is 2.19 bits per heavy atom. The van der Waals surface area contributed by atoms with E-state index in [4.69, 9.17) is 0 Å². The van der Waals surface area contributed by atoms with Gasteiger partial charge in [-0.2, -0.15) is 0 Å². The van der Waals surface area contributed by atoms with E-state index in [1.54, 1.807) is 11.3 Å². The standard InChI is InChI=1S/C17H24N2S2/c1-4-7-17-19-15(12-21-17)11-20-16-9-6-8-14(10-16)13(3)18-5-2/h6,8-10,12-13,18H,4-5,7,11H2,1-3H3. The van der Waals surface area contributed by atoms with Crippen LogP contribution in [0, 0.1) is 0 Å². The van der Waals surface area contributed by atoms with E-state index in [9.17, 15) is 0 Å². The van der Waals surface area contributed by atoms with Gasteiger partial charge in [-0.25, -0.2) is 4.98 Å². The summed E-state index contributed by atoms with van der Waals surface area (Å²) in [6, 6.07) is 9.23. The first kappa shape index (κ1) is 16.5. The Morgan fingerprint density at radius 1 is 1.33 bits per heavy atom. The van der Waals surface area contributed by atoms with Crippen molar-refractivity contribution in [1.29, 1.82) is 0 Å². The lowest BCUT2D eigenvalue weighted by molar-refractivity contribution is 0.597. The average Bonchev–Trinajstić information content (AvgIpc) is 2.94. The van der Waals surface area contributed by atoms with Gasteiger partial charge in [0.2, 0.25) is 0 Å². The summed E-state index contributed by atoms with van der Waals surface area (Å²) in [6.07, 6.45) is 2.27. The summed E-state index contributed by atoms with van der Waals surface area (Å²) in [5, 5.41) is 6.92. The van der Waals surface area contributed by atoms with Crippen LogP contribution in [-0.2, 0) is 12.2 Å². The largest absolute Gasteiger partial charge is 0.310 e. The van der Waals surface area contributed by atoms with Gasteiger partial charge >= 0.3 is 0 Å². The maximum atomic E-state index is 4.69. The Morgan fingerprint density at radius 3 is 2.95 bits per heavy atom. The van der Waals surface area contributed by atoms with Crippen LogP contribution >= 0.6 is 23.1 Å². The van der Waals surface area contributed by atoms with Crippen molar-refractivity contribution in [2.75, 3.05) is 6.54 Å². The summed E-state index contributed by atoms with van der Waals surface area (Å²) in [5.74, 6) is 0.958. The lowest BCUT2D eigenvalue weighted by atomic mass is 10.1. The minimum absolute atomic E-state index is 0.408. The maximum Gasteiger partial charge on any atom is 0.0928 e. The molecule has 0 saturated carbocycles. The van der Waals surface area contributed by atoms with Crippen LogP contribution in [0.5, 0.6) is 0 Å². The van der Waals surface area contributed by atoms with Crippen molar-refractivity contribution in [1.82, 2.24) is 10.3 Å². The second-order valence-corrected chi connectivity index (χ2v) is 7.11. The molecule has 0 aliphatic heterocycles. The second-order valence-electron chi connectivity index (χ2n) is 5.12. The van der Waals surface area contributed by atoms with Gasteiger partial charge in [0.05, 0.1) is 10.7 Å². The van der Waals surface area contributed by atoms with Gasteiger partial charge in [0.1, 0.15) is 0 Å². The van der Waals surface area contributed by atoms with Crippen LogP contribution in [0.15, 0.2) is 34.5 Å². The normalized spacial score (nSPS) is 12.5. The summed E-state index contributed by atoms with van der Waals surface area (Å²) in [7, 11) is 0. The minimum Gasteiger partial charge on any atom is -0.310 e. The summed E-state index contributed by atoms with van der Waals surface area (Å²) < 4.78 is 0. The van der Waals surface area contributed by atoms with Crippen LogP contribution in [0.3, 0.4) is 0 Å². The highest BCUT2D eigenvalue weighted by Gasteiger charge is 2.06. The molecule has 0 amide bonds. The number of hydrogen-bond donors (Lipinski definition) is 1. The van der Waals surface area contributed by atoms with E-state index >= 15 is 0 Å². The van der Waals surface area contributed by atoms with Gasteiger partial charge in [0.15, 0.2) is 0 Å². The fourth-order valence-corrected chi connectivity index (χ4v) is 4.06. The number of aryl methyl sites for hydroxylation is 1. The van der Waals surface area contributed by atoms with Crippen LogP contribution < -0.4 is 5.32 Å². The fourth-order valence-electron chi connectivity index (χ4n) is 2.20. The summed E-state index contributed by atoms with van der Waals surface area (Å²) in [6.45, 7) is 7.56. The Hall–Kier alpha value is -0.840. The number of nitrogens with zero attached hydrogens (tertiary/aromatic N) is 1. The molecule has 1 atom stereocenters. The van der Waals surface area contributed by atoms with Crippen LogP contribution in [0.4, 0.5) is 0 Å². The molecule has 0 bridgehead atoms. The molecule has 0 spiro atoms. The molecule has 1 aromatic heterocycles. The molecule has 0 aliphatic carbocycles. The Labute approximate surface area is 136 Å². The predicted molar refractivity (Wildman–Crippen MR) is 94.2 cm³/mol. The van der Waals surface area contributed by atoms with Crippen molar-refractivity contribution in [3.05, 3.63) is 45.9 Å². The molecule has 2 rings (SSSR count). The average molecular weight is 321 g/mol. The van der Waals surface area contributed by atoms with Crippen LogP contribution in [-0.4, -0.2) is 11.5 Å². The quantitative estimate of drug-likeness (QED) is 0.688. The number of rotatable bonds is 8. The molecule has 1 aromatic carbocycles. The highest BCUT2D eigenvalue weighted by Crippen LogP contribution is 2.26. The zero-order valence-corrected chi connectivity index (χ0v) is 14.7. The van der Waals surface area contributed by atoms with E-state index in [-0.39, 0.29) is 0 Å². The number of thioether (sulfide) groups is 1. The minimum atomic E-state index is 0.408. The maximum absolute atomic E-state index is 4.69. The first-order chi connectivity index (χ1) is 10.2. The van der Waals surface area contributed by atoms with Gasteiger partial charge in [-0.3, -0.25) is 0 Å². The SMILES string of the molecule is CCCc1nc(CSc2cccc(C(C)NCC)c2)cs1. The predicted octanol–water partition coefficient (Wildman–Crippen LogP) is 5.06. The zero-order valence-electron chi connectivity index (χ0n) is 13.1. The van der Waals surface area contributed by atoms with Crippen molar-refractivity contribution in [3.8, 4) is 0 Å². The first-order valence-corrected chi connectivity index (χ1v) is 9.48. The van der Waals surface area contributed by atoms with Crippen molar-refractivity contribution in [2.24, 2.45) is 0 Å². The second kappa shape index (κ2) is 8.57. The number of thiazole rings is 1. The van der Waals surface area contributed by atoms with E-state index in [1.807, 2.05) is 11.8 Å². The molecule has 2 nitrogen and oxygen atoms in total. The van der Waals surface area contributed by atoms with Crippen molar-refractivity contribution in [2.45, 2.75) is 50.3 Å². The van der Waals surface area contributed by atoms with Crippen molar-refractivity contribution < 1.29 is 0 Å². The molecular weight excluding hydrogens is 296 g/mol. The van der Waals surface area contributed by atoms with Crippen molar-refractivity contribution >= 4 is 23.1 Å². The van der Waals surface area contributed by atoms with E-state index in [2.05, 4.69) is 60.7 Å². The molecule has 0 aliphatic rings. The molecule has 0 fully saturated rings. The van der Waals surface area contributed by atoms with Gasteiger partial charge < -0.3 is 5.32 Å². The molecule has 1 unspecified atom stereocenters. The van der Waals surface area contributed by atoms with Crippen LogP contribution in [0.25, 0.3) is 0 Å². The number of benzene rings is 1. The first-order valence-electron chi connectivity index (χ1n) is 7.62. The molecular formula is C17H24N2S2. The summed E-state index contributed by atoms with van der Waals surface area (Å²) in [5.41, 5.74) is 2.56. The van der Waals surface area contributed by atoms with Gasteiger partial charge in [-0.15, -0.1) is 23.1 Å². The van der Waals surface area contributed by atoms with E-state index < -0.39 is 0 Å². The third kappa shape index (κ3) is 5.13. The van der Waals surface area contributed by atoms with Gasteiger partial charge in [0.25, 0.3) is 0 Å². The number of nitrogens with one attached hydrogen (secondary N) is 1. The Balaban J connectivity index is 1.94. The monoisotopic (exact) mass is 320 g/mol. The Bertz CT molecular complexity index is 551. The highest BCUT2D eigenvalue weighted by atomic mass is 32.2. The number of aromatic nitrogens is 1. The molecule has 0 saturated heterocycles. The lowest BCUT2D eigenvalue weighted by Crippen LogP contribution is -2.17. The Kier molecular flexibility index (Phi) is 6.74. The topological polar surface area (TPSA) is 24.9 Å². The van der Waals surface area contributed by atoms with Gasteiger partial charge in [-0.1, -0.05) is 26.0 Å². The lowest BCUT2D eigenvalue weighted by Gasteiger charge is -2.13. The molecule has 4 heteroatoms. The van der Waals surface area contributed by atoms with E-state index in [0.29, 0.717) is 6.04 Å². The van der Waals surface area contributed by atoms with Crippen molar-refractivity contribution in [3.63, 3.8) is 0 Å². The van der Waals surface area contributed by atoms with Crippen LogP contribution in [0.2, 0.25) is 0 Å².